The van der Waals surface area contributed by atoms with E-state index in [9.17, 15) is 9.59 Å². The smallest absolute Gasteiger partial charge is 0.311 e. The monoisotopic (exact) mass is 446 g/mol. The summed E-state index contributed by atoms with van der Waals surface area (Å²) in [5, 5.41) is 0. The van der Waals surface area contributed by atoms with Crippen molar-refractivity contribution in [1.82, 2.24) is 0 Å². The lowest BCUT2D eigenvalue weighted by atomic mass is 9.65. The van der Waals surface area contributed by atoms with Crippen molar-refractivity contribution in [3.63, 3.8) is 0 Å². The average molecular weight is 447 g/mol. The highest BCUT2D eigenvalue weighted by molar-refractivity contribution is 5.76. The van der Waals surface area contributed by atoms with Gasteiger partial charge in [-0.15, -0.1) is 0 Å². The van der Waals surface area contributed by atoms with E-state index in [0.29, 0.717) is 30.8 Å². The molecule has 0 N–H and O–H groups in total. The van der Waals surface area contributed by atoms with Gasteiger partial charge < -0.3 is 14.2 Å². The lowest BCUT2D eigenvalue weighted by Gasteiger charge is -2.44. The lowest BCUT2D eigenvalue weighted by molar-refractivity contribution is -0.166. The molecule has 180 valence electrons. The topological polar surface area (TPSA) is 61.8 Å². The van der Waals surface area contributed by atoms with Crippen LogP contribution >= 0.6 is 0 Å². The molecule has 1 fully saturated rings. The number of carbonyl (C=O) groups excluding carboxylic acids is 2. The lowest BCUT2D eigenvalue weighted by Crippen LogP contribution is -2.43. The van der Waals surface area contributed by atoms with Crippen molar-refractivity contribution in [2.75, 3.05) is 6.61 Å². The van der Waals surface area contributed by atoms with Crippen molar-refractivity contribution >= 4 is 11.9 Å². The van der Waals surface area contributed by atoms with Gasteiger partial charge in [0.25, 0.3) is 0 Å². The first-order chi connectivity index (χ1) is 15.1. The van der Waals surface area contributed by atoms with Gasteiger partial charge >= 0.3 is 11.9 Å². The molecular weight excluding hydrogens is 404 g/mol. The SMILES string of the molecule is CCO[C@H]1CC(=O)O[C@H](CC[C@@H]2[C@@H]3C(=C[C@H](C)C[C@@H]3OC(=O)C(C)(C)CC)C=C[C@@H]2C)C1. The molecule has 0 aromatic heterocycles. The predicted octanol–water partition coefficient (Wildman–Crippen LogP) is 5.63. The van der Waals surface area contributed by atoms with Crippen LogP contribution in [-0.2, 0) is 23.8 Å². The Morgan fingerprint density at radius 1 is 1.19 bits per heavy atom. The normalized spacial score (nSPS) is 35.0. The van der Waals surface area contributed by atoms with Crippen molar-refractivity contribution in [3.8, 4) is 0 Å². The Morgan fingerprint density at radius 2 is 1.94 bits per heavy atom. The zero-order valence-corrected chi connectivity index (χ0v) is 20.8. The third kappa shape index (κ3) is 5.84. The van der Waals surface area contributed by atoms with E-state index in [2.05, 4.69) is 32.1 Å². The fourth-order valence-electron chi connectivity index (χ4n) is 5.43. The number of hydrogen-bond donors (Lipinski definition) is 0. The minimum atomic E-state index is -0.471. The van der Waals surface area contributed by atoms with Crippen molar-refractivity contribution in [2.24, 2.45) is 29.1 Å². The van der Waals surface area contributed by atoms with Gasteiger partial charge in [-0.2, -0.15) is 0 Å². The second kappa shape index (κ2) is 10.5. The highest BCUT2D eigenvalue weighted by Gasteiger charge is 2.43. The van der Waals surface area contributed by atoms with Crippen LogP contribution in [0.1, 0.15) is 80.1 Å². The highest BCUT2D eigenvalue weighted by atomic mass is 16.6. The van der Waals surface area contributed by atoms with Gasteiger partial charge in [-0.25, -0.2) is 0 Å². The highest BCUT2D eigenvalue weighted by Crippen LogP contribution is 2.45. The van der Waals surface area contributed by atoms with Crippen LogP contribution < -0.4 is 0 Å². The molecule has 0 aromatic rings. The molecule has 7 atom stereocenters. The minimum absolute atomic E-state index is 0.0362. The molecule has 0 bridgehead atoms. The number of fused-ring (bicyclic) bond motifs is 1. The molecule has 0 radical (unpaired) electrons. The number of cyclic esters (lactones) is 1. The molecule has 0 saturated carbocycles. The predicted molar refractivity (Wildman–Crippen MR) is 125 cm³/mol. The molecule has 0 amide bonds. The van der Waals surface area contributed by atoms with Crippen LogP contribution in [0.15, 0.2) is 23.8 Å². The standard InChI is InChI=1S/C27H42O5/c1-7-27(5,6)26(29)32-23-14-17(3)13-19-10-9-18(4)22(25(19)23)12-11-20-15-21(30-8-2)16-24(28)31-20/h9-10,13,17-18,20-23,25H,7-8,11-12,14-16H2,1-6H3/t17-,18-,20+,21+,22-,23-,25-/m0/s1. The van der Waals surface area contributed by atoms with Crippen LogP contribution in [0.25, 0.3) is 0 Å². The fraction of sp³-hybridized carbons (Fsp3) is 0.778. The number of rotatable bonds is 8. The van der Waals surface area contributed by atoms with Crippen LogP contribution in [-0.4, -0.2) is 36.9 Å². The molecule has 32 heavy (non-hydrogen) atoms. The van der Waals surface area contributed by atoms with Gasteiger partial charge in [-0.1, -0.05) is 39.0 Å². The Labute approximate surface area is 193 Å². The zero-order valence-electron chi connectivity index (χ0n) is 20.8. The quantitative estimate of drug-likeness (QED) is 0.452. The number of ether oxygens (including phenoxy) is 3. The number of allylic oxidation sites excluding steroid dienone is 3. The van der Waals surface area contributed by atoms with Crippen molar-refractivity contribution < 1.29 is 23.8 Å². The van der Waals surface area contributed by atoms with E-state index in [-0.39, 0.29) is 36.2 Å². The summed E-state index contributed by atoms with van der Waals surface area (Å²) in [5.41, 5.74) is 0.826. The molecule has 1 aliphatic heterocycles. The Balaban J connectivity index is 1.74. The number of hydrogen-bond acceptors (Lipinski definition) is 5. The van der Waals surface area contributed by atoms with Gasteiger partial charge in [0.1, 0.15) is 12.2 Å². The van der Waals surface area contributed by atoms with E-state index in [4.69, 9.17) is 14.2 Å². The van der Waals surface area contributed by atoms with Crippen molar-refractivity contribution in [2.45, 2.75) is 98.4 Å². The largest absolute Gasteiger partial charge is 0.462 e. The second-order valence-electron chi connectivity index (χ2n) is 10.7. The summed E-state index contributed by atoms with van der Waals surface area (Å²) in [4.78, 5) is 25.0. The van der Waals surface area contributed by atoms with Crippen LogP contribution in [0.4, 0.5) is 0 Å². The fourth-order valence-corrected chi connectivity index (χ4v) is 5.43. The maximum absolute atomic E-state index is 12.9. The van der Waals surface area contributed by atoms with Gasteiger partial charge in [0.2, 0.25) is 0 Å². The van der Waals surface area contributed by atoms with Crippen LogP contribution in [0.5, 0.6) is 0 Å². The van der Waals surface area contributed by atoms with E-state index in [0.717, 1.165) is 32.1 Å². The zero-order chi connectivity index (χ0) is 23.5. The Kier molecular flexibility index (Phi) is 8.24. The first-order valence-corrected chi connectivity index (χ1v) is 12.6. The van der Waals surface area contributed by atoms with E-state index in [1.54, 1.807) is 0 Å². The molecule has 1 saturated heterocycles. The molecule has 0 unspecified atom stereocenters. The molecule has 2 aliphatic carbocycles. The molecule has 0 aromatic carbocycles. The van der Waals surface area contributed by atoms with Crippen LogP contribution in [0, 0.1) is 29.1 Å². The average Bonchev–Trinajstić information content (AvgIpc) is 2.73. The third-order valence-electron chi connectivity index (χ3n) is 7.73. The molecule has 0 spiro atoms. The first kappa shape index (κ1) is 25.0. The maximum Gasteiger partial charge on any atom is 0.311 e. The Hall–Kier alpha value is -1.62. The second-order valence-corrected chi connectivity index (χ2v) is 10.7. The summed E-state index contributed by atoms with van der Waals surface area (Å²) in [6, 6.07) is 0. The summed E-state index contributed by atoms with van der Waals surface area (Å²) >= 11 is 0. The molecule has 3 rings (SSSR count). The summed E-state index contributed by atoms with van der Waals surface area (Å²) in [6.45, 7) is 13.0. The van der Waals surface area contributed by atoms with E-state index in [1.165, 1.54) is 5.57 Å². The Bertz CT molecular complexity index is 736. The molecule has 5 nitrogen and oxygen atoms in total. The van der Waals surface area contributed by atoms with Crippen LogP contribution in [0.2, 0.25) is 0 Å². The maximum atomic E-state index is 12.9. The summed E-state index contributed by atoms with van der Waals surface area (Å²) < 4.78 is 17.6. The molecule has 5 heteroatoms. The minimum Gasteiger partial charge on any atom is -0.462 e. The third-order valence-corrected chi connectivity index (χ3v) is 7.73. The Morgan fingerprint density at radius 3 is 2.62 bits per heavy atom. The van der Waals surface area contributed by atoms with Gasteiger partial charge in [-0.05, 0) is 69.8 Å². The van der Waals surface area contributed by atoms with Crippen molar-refractivity contribution in [3.05, 3.63) is 23.8 Å². The molecule has 1 heterocycles. The van der Waals surface area contributed by atoms with Crippen molar-refractivity contribution in [1.29, 1.82) is 0 Å². The van der Waals surface area contributed by atoms with E-state index >= 15 is 0 Å². The first-order valence-electron chi connectivity index (χ1n) is 12.6. The summed E-state index contributed by atoms with van der Waals surface area (Å²) in [5.74, 6) is 1.07. The van der Waals surface area contributed by atoms with E-state index < -0.39 is 5.41 Å². The van der Waals surface area contributed by atoms with Gasteiger partial charge in [0, 0.05) is 18.9 Å². The molecule has 3 aliphatic rings. The van der Waals surface area contributed by atoms with E-state index in [1.807, 2.05) is 27.7 Å². The summed E-state index contributed by atoms with van der Waals surface area (Å²) in [7, 11) is 0. The van der Waals surface area contributed by atoms with Gasteiger partial charge in [0.15, 0.2) is 0 Å². The van der Waals surface area contributed by atoms with Crippen LogP contribution in [0.3, 0.4) is 0 Å². The van der Waals surface area contributed by atoms with Gasteiger partial charge in [0.05, 0.1) is 17.9 Å². The number of esters is 2. The van der Waals surface area contributed by atoms with Gasteiger partial charge in [-0.3, -0.25) is 9.59 Å². The summed E-state index contributed by atoms with van der Waals surface area (Å²) in [6.07, 6.45) is 11.1. The number of carbonyl (C=O) groups is 2. The molecular formula is C27H42O5.